The number of anilines is 1. The van der Waals surface area contributed by atoms with Crippen LogP contribution in [0.2, 0.25) is 0 Å². The standard InChI is InChI=1S/C27H40N4O6/c1-18(2)15-21(27(34)31-16-23(36-4)25-24(31)22(32)17-37-25)28-26(33)19-5-7-20(8-6-19)30-11-9-29(10-12-30)13-14-35-3/h5-8,18,21,23-25H,9-17H2,1-4H3,(H,28,33)/t21?,23-,24+,25+/m0/s1. The van der Waals surface area contributed by atoms with E-state index in [0.29, 0.717) is 12.0 Å². The zero-order valence-electron chi connectivity index (χ0n) is 22.4. The number of hydrogen-bond donors (Lipinski definition) is 1. The van der Waals surface area contributed by atoms with Crippen molar-refractivity contribution in [1.82, 2.24) is 15.1 Å². The lowest BCUT2D eigenvalue weighted by Crippen LogP contribution is -2.52. The van der Waals surface area contributed by atoms with Gasteiger partial charge in [-0.3, -0.25) is 19.3 Å². The summed E-state index contributed by atoms with van der Waals surface area (Å²) in [6, 6.07) is 6.14. The second-order valence-electron chi connectivity index (χ2n) is 10.5. The molecule has 4 atom stereocenters. The Morgan fingerprint density at radius 2 is 1.81 bits per heavy atom. The predicted molar refractivity (Wildman–Crippen MR) is 139 cm³/mol. The molecular weight excluding hydrogens is 476 g/mol. The van der Waals surface area contributed by atoms with Gasteiger partial charge in [-0.2, -0.15) is 0 Å². The number of carbonyl (C=O) groups excluding carboxylic acids is 3. The van der Waals surface area contributed by atoms with Gasteiger partial charge in [0, 0.05) is 58.2 Å². The Morgan fingerprint density at radius 1 is 1.11 bits per heavy atom. The van der Waals surface area contributed by atoms with E-state index in [1.165, 1.54) is 4.90 Å². The number of hydrogen-bond acceptors (Lipinski definition) is 8. The highest BCUT2D eigenvalue weighted by Gasteiger charge is 2.53. The van der Waals surface area contributed by atoms with E-state index in [2.05, 4.69) is 15.1 Å². The zero-order valence-corrected chi connectivity index (χ0v) is 22.4. The molecule has 3 fully saturated rings. The first-order chi connectivity index (χ1) is 17.8. The van der Waals surface area contributed by atoms with Gasteiger partial charge in [0.25, 0.3) is 5.91 Å². The number of Topliss-reactive ketones (excluding diaryl/α,β-unsaturated/α-hetero) is 1. The lowest BCUT2D eigenvalue weighted by Gasteiger charge is -2.36. The molecule has 10 heteroatoms. The average Bonchev–Trinajstić information content (AvgIpc) is 3.47. The second kappa shape index (κ2) is 12.3. The van der Waals surface area contributed by atoms with E-state index in [1.54, 1.807) is 26.4 Å². The number of methoxy groups -OCH3 is 2. The molecule has 0 aliphatic carbocycles. The van der Waals surface area contributed by atoms with Gasteiger partial charge in [-0.15, -0.1) is 0 Å². The molecule has 4 rings (SSSR count). The number of ketones is 1. The third-order valence-electron chi connectivity index (χ3n) is 7.51. The Morgan fingerprint density at radius 3 is 2.43 bits per heavy atom. The Hall–Kier alpha value is -2.53. The average molecular weight is 517 g/mol. The summed E-state index contributed by atoms with van der Waals surface area (Å²) in [6.45, 7) is 9.72. The van der Waals surface area contributed by atoms with Gasteiger partial charge in [-0.05, 0) is 36.6 Å². The van der Waals surface area contributed by atoms with Gasteiger partial charge < -0.3 is 29.3 Å². The largest absolute Gasteiger partial charge is 0.383 e. The van der Waals surface area contributed by atoms with Crippen LogP contribution in [0.5, 0.6) is 0 Å². The monoisotopic (exact) mass is 516 g/mol. The molecule has 0 aromatic heterocycles. The Kier molecular flexibility index (Phi) is 9.17. The third kappa shape index (κ3) is 6.31. The smallest absolute Gasteiger partial charge is 0.251 e. The molecule has 10 nitrogen and oxygen atoms in total. The minimum atomic E-state index is -0.739. The number of rotatable bonds is 10. The highest BCUT2D eigenvalue weighted by Crippen LogP contribution is 2.30. The minimum Gasteiger partial charge on any atom is -0.383 e. The van der Waals surface area contributed by atoms with Crippen LogP contribution >= 0.6 is 0 Å². The van der Waals surface area contributed by atoms with Gasteiger partial charge >= 0.3 is 0 Å². The summed E-state index contributed by atoms with van der Waals surface area (Å²) in [5.41, 5.74) is 1.57. The van der Waals surface area contributed by atoms with Crippen LogP contribution in [0.1, 0.15) is 30.6 Å². The number of likely N-dealkylation sites (tertiary alicyclic amines) is 1. The van der Waals surface area contributed by atoms with E-state index in [9.17, 15) is 14.4 Å². The van der Waals surface area contributed by atoms with Crippen molar-refractivity contribution in [2.24, 2.45) is 5.92 Å². The number of piperazine rings is 1. The minimum absolute atomic E-state index is 0.0191. The topological polar surface area (TPSA) is 101 Å². The lowest BCUT2D eigenvalue weighted by atomic mass is 10.0. The van der Waals surface area contributed by atoms with Gasteiger partial charge in [0.15, 0.2) is 5.78 Å². The highest BCUT2D eigenvalue weighted by molar-refractivity contribution is 5.99. The summed E-state index contributed by atoms with van der Waals surface area (Å²) in [5, 5.41) is 2.94. The third-order valence-corrected chi connectivity index (χ3v) is 7.51. The van der Waals surface area contributed by atoms with Crippen molar-refractivity contribution in [1.29, 1.82) is 0 Å². The fourth-order valence-electron chi connectivity index (χ4n) is 5.46. The number of fused-ring (bicyclic) bond motifs is 1. The number of nitrogens with zero attached hydrogens (tertiary/aromatic N) is 3. The first-order valence-electron chi connectivity index (χ1n) is 13.2. The number of amides is 2. The Labute approximate surface area is 219 Å². The van der Waals surface area contributed by atoms with Gasteiger partial charge in [0.1, 0.15) is 30.9 Å². The van der Waals surface area contributed by atoms with E-state index in [4.69, 9.17) is 14.2 Å². The van der Waals surface area contributed by atoms with Crippen LogP contribution in [0.3, 0.4) is 0 Å². The van der Waals surface area contributed by atoms with Gasteiger partial charge in [0.2, 0.25) is 5.91 Å². The van der Waals surface area contributed by atoms with Crippen LogP contribution in [-0.2, 0) is 23.8 Å². The van der Waals surface area contributed by atoms with Crippen LogP contribution in [0.4, 0.5) is 5.69 Å². The van der Waals surface area contributed by atoms with Crippen LogP contribution < -0.4 is 10.2 Å². The molecule has 204 valence electrons. The summed E-state index contributed by atoms with van der Waals surface area (Å²) in [6.07, 6.45) is -0.340. The molecule has 2 amide bonds. The molecule has 1 N–H and O–H groups in total. The van der Waals surface area contributed by atoms with Crippen molar-refractivity contribution in [3.63, 3.8) is 0 Å². The van der Waals surface area contributed by atoms with Gasteiger partial charge in [-0.25, -0.2) is 0 Å². The summed E-state index contributed by atoms with van der Waals surface area (Å²) in [7, 11) is 3.28. The molecular formula is C27H40N4O6. The quantitative estimate of drug-likeness (QED) is 0.487. The molecule has 0 radical (unpaired) electrons. The fourth-order valence-corrected chi connectivity index (χ4v) is 5.46. The first kappa shape index (κ1) is 27.5. The van der Waals surface area contributed by atoms with E-state index in [1.807, 2.05) is 26.0 Å². The maximum Gasteiger partial charge on any atom is 0.251 e. The molecule has 3 aliphatic heterocycles. The van der Waals surface area contributed by atoms with E-state index in [-0.39, 0.29) is 42.8 Å². The van der Waals surface area contributed by atoms with Crippen LogP contribution in [-0.4, -0.2) is 118 Å². The summed E-state index contributed by atoms with van der Waals surface area (Å²) in [4.78, 5) is 45.5. The zero-order chi connectivity index (χ0) is 26.5. The van der Waals surface area contributed by atoms with Crippen LogP contribution in [0, 0.1) is 5.92 Å². The molecule has 1 aromatic carbocycles. The Balaban J connectivity index is 1.39. The van der Waals surface area contributed by atoms with Gasteiger partial charge in [-0.1, -0.05) is 13.8 Å². The van der Waals surface area contributed by atoms with Crippen molar-refractivity contribution in [3.05, 3.63) is 29.8 Å². The van der Waals surface area contributed by atoms with Crippen molar-refractivity contribution < 1.29 is 28.6 Å². The maximum absolute atomic E-state index is 13.6. The van der Waals surface area contributed by atoms with Gasteiger partial charge in [0.05, 0.1) is 13.2 Å². The van der Waals surface area contributed by atoms with E-state index >= 15 is 0 Å². The molecule has 0 spiro atoms. The number of nitrogens with one attached hydrogen (secondary N) is 1. The summed E-state index contributed by atoms with van der Waals surface area (Å²) in [5.74, 6) is -0.518. The number of ether oxygens (including phenoxy) is 3. The highest BCUT2D eigenvalue weighted by atomic mass is 16.5. The molecule has 3 aliphatic rings. The summed E-state index contributed by atoms with van der Waals surface area (Å²) < 4.78 is 16.3. The van der Waals surface area contributed by atoms with Crippen molar-refractivity contribution >= 4 is 23.3 Å². The first-order valence-corrected chi connectivity index (χ1v) is 13.2. The molecule has 37 heavy (non-hydrogen) atoms. The van der Waals surface area contributed by atoms with E-state index < -0.39 is 18.2 Å². The number of carbonyl (C=O) groups is 3. The number of benzene rings is 1. The molecule has 0 saturated carbocycles. The fraction of sp³-hybridized carbons (Fsp3) is 0.667. The van der Waals surface area contributed by atoms with Crippen molar-refractivity contribution in [2.75, 3.05) is 71.6 Å². The molecule has 1 aromatic rings. The van der Waals surface area contributed by atoms with Crippen molar-refractivity contribution in [2.45, 2.75) is 44.6 Å². The molecule has 0 bridgehead atoms. The van der Waals surface area contributed by atoms with E-state index in [0.717, 1.165) is 45.0 Å². The molecule has 1 unspecified atom stereocenters. The van der Waals surface area contributed by atoms with Crippen molar-refractivity contribution in [3.8, 4) is 0 Å². The Bertz CT molecular complexity index is 947. The summed E-state index contributed by atoms with van der Waals surface area (Å²) >= 11 is 0. The normalized spacial score (nSPS) is 25.0. The second-order valence-corrected chi connectivity index (χ2v) is 10.5. The molecule has 3 saturated heterocycles. The SMILES string of the molecule is COCCN1CCN(c2ccc(C(=O)NC(CC(C)C)C(=O)N3C[C@H](OC)[C@H]4OCC(=O)[C@H]43)cc2)CC1. The van der Waals surface area contributed by atoms with Crippen LogP contribution in [0.25, 0.3) is 0 Å². The lowest BCUT2D eigenvalue weighted by molar-refractivity contribution is -0.138. The maximum atomic E-state index is 13.6. The predicted octanol–water partition coefficient (Wildman–Crippen LogP) is 0.793. The molecule has 3 heterocycles. The van der Waals surface area contributed by atoms with Crippen LogP contribution in [0.15, 0.2) is 24.3 Å².